The Bertz CT molecular complexity index is 662. The molecule has 1 rings (SSSR count). The van der Waals surface area contributed by atoms with Gasteiger partial charge in [0.2, 0.25) is 0 Å². The third kappa shape index (κ3) is 15.5. The van der Waals surface area contributed by atoms with Crippen molar-refractivity contribution in [2.24, 2.45) is 0 Å². The Morgan fingerprint density at radius 3 is 1.71 bits per heavy atom. The van der Waals surface area contributed by atoms with Gasteiger partial charge in [0.15, 0.2) is 0 Å². The first kappa shape index (κ1) is 31.0. The number of carbonyl (C=O) groups is 2. The highest BCUT2D eigenvalue weighted by Gasteiger charge is 2.25. The molecule has 35 heavy (non-hydrogen) atoms. The van der Waals surface area contributed by atoms with Crippen molar-refractivity contribution in [3.05, 3.63) is 29.8 Å². The van der Waals surface area contributed by atoms with Gasteiger partial charge in [-0.3, -0.25) is 0 Å². The van der Waals surface area contributed by atoms with Gasteiger partial charge in [-0.25, -0.2) is 9.59 Å². The lowest BCUT2D eigenvalue weighted by atomic mass is 10.0. The summed E-state index contributed by atoms with van der Waals surface area (Å²) in [7, 11) is 0. The van der Waals surface area contributed by atoms with Crippen molar-refractivity contribution in [3.63, 3.8) is 0 Å². The summed E-state index contributed by atoms with van der Waals surface area (Å²) in [6.45, 7) is 7.02. The van der Waals surface area contributed by atoms with Crippen LogP contribution in [0.15, 0.2) is 24.3 Å². The highest BCUT2D eigenvalue weighted by Crippen LogP contribution is 2.15. The van der Waals surface area contributed by atoms with Gasteiger partial charge in [0.1, 0.15) is 0 Å². The van der Waals surface area contributed by atoms with Crippen molar-refractivity contribution in [1.82, 2.24) is 0 Å². The van der Waals surface area contributed by atoms with Crippen LogP contribution in [-0.2, 0) is 19.0 Å². The second kappa shape index (κ2) is 21.2. The highest BCUT2D eigenvalue weighted by molar-refractivity contribution is 5.91. The summed E-state index contributed by atoms with van der Waals surface area (Å²) in [5.41, 5.74) is 1.32. The number of nitrogens with one attached hydrogen (secondary N) is 1. The third-order valence-electron chi connectivity index (χ3n) is 5.99. The zero-order valence-corrected chi connectivity index (χ0v) is 22.4. The standard InChI is InChI=1S/C29H49NO5/c1-4-7-8-9-10-11-12-13-14-15-16-17-18-19-24-30-26-22-20-25(21-23-26)27(31)35-29(34-6-3)28(32)33-5-2/h20-23,29-30H,4-19,24H2,1-3H3. The maximum atomic E-state index is 12.3. The molecule has 1 aromatic carbocycles. The normalized spacial score (nSPS) is 11.7. The van der Waals surface area contributed by atoms with Crippen LogP contribution in [0.25, 0.3) is 0 Å². The average molecular weight is 492 g/mol. The van der Waals surface area contributed by atoms with Gasteiger partial charge in [0, 0.05) is 18.8 Å². The number of carbonyl (C=O) groups excluding carboxylic acids is 2. The van der Waals surface area contributed by atoms with Crippen molar-refractivity contribution >= 4 is 17.6 Å². The van der Waals surface area contributed by atoms with Gasteiger partial charge < -0.3 is 19.5 Å². The van der Waals surface area contributed by atoms with Crippen molar-refractivity contribution in [2.45, 2.75) is 117 Å². The second-order valence-corrected chi connectivity index (χ2v) is 9.04. The van der Waals surface area contributed by atoms with E-state index in [0.29, 0.717) is 5.56 Å². The summed E-state index contributed by atoms with van der Waals surface area (Å²) < 4.78 is 15.2. The minimum absolute atomic E-state index is 0.194. The molecule has 0 aliphatic heterocycles. The quantitative estimate of drug-likeness (QED) is 0.102. The molecule has 1 N–H and O–H groups in total. The van der Waals surface area contributed by atoms with Crippen LogP contribution in [-0.4, -0.2) is 38.0 Å². The van der Waals surface area contributed by atoms with Gasteiger partial charge in [-0.1, -0.05) is 90.4 Å². The van der Waals surface area contributed by atoms with Gasteiger partial charge in [-0.05, 0) is 44.5 Å². The Kier molecular flexibility index (Phi) is 18.8. The fraction of sp³-hybridized carbons (Fsp3) is 0.724. The molecule has 1 unspecified atom stereocenters. The number of rotatable bonds is 22. The number of ether oxygens (including phenoxy) is 3. The smallest absolute Gasteiger partial charge is 0.376 e. The van der Waals surface area contributed by atoms with Crippen molar-refractivity contribution in [3.8, 4) is 0 Å². The summed E-state index contributed by atoms with van der Waals surface area (Å²) in [6, 6.07) is 7.06. The molecule has 200 valence electrons. The van der Waals surface area contributed by atoms with E-state index in [1.54, 1.807) is 26.0 Å². The maximum Gasteiger partial charge on any atom is 0.376 e. The van der Waals surface area contributed by atoms with Crippen LogP contribution >= 0.6 is 0 Å². The molecule has 0 spiro atoms. The van der Waals surface area contributed by atoms with Gasteiger partial charge in [0.25, 0.3) is 0 Å². The minimum Gasteiger partial charge on any atom is -0.461 e. The van der Waals surface area contributed by atoms with Crippen LogP contribution in [0, 0.1) is 0 Å². The summed E-state index contributed by atoms with van der Waals surface area (Å²) in [6.07, 6.45) is 17.6. The number of unbranched alkanes of at least 4 members (excludes halogenated alkanes) is 13. The molecule has 0 amide bonds. The monoisotopic (exact) mass is 491 g/mol. The maximum absolute atomic E-state index is 12.3. The Balaban J connectivity index is 2.10. The number of hydrogen-bond acceptors (Lipinski definition) is 6. The largest absolute Gasteiger partial charge is 0.461 e. The van der Waals surface area contributed by atoms with E-state index in [1.807, 2.05) is 12.1 Å². The van der Waals surface area contributed by atoms with E-state index >= 15 is 0 Å². The predicted octanol–water partition coefficient (Wildman–Crippen LogP) is 7.66. The van der Waals surface area contributed by atoms with E-state index < -0.39 is 18.2 Å². The van der Waals surface area contributed by atoms with E-state index in [9.17, 15) is 9.59 Å². The number of esters is 2. The van der Waals surface area contributed by atoms with E-state index in [4.69, 9.17) is 14.2 Å². The summed E-state index contributed by atoms with van der Waals surface area (Å²) >= 11 is 0. The van der Waals surface area contributed by atoms with E-state index in [2.05, 4.69) is 12.2 Å². The third-order valence-corrected chi connectivity index (χ3v) is 5.99. The first-order valence-electron chi connectivity index (χ1n) is 14.0. The van der Waals surface area contributed by atoms with Crippen molar-refractivity contribution in [2.75, 3.05) is 25.1 Å². The van der Waals surface area contributed by atoms with Crippen LogP contribution in [0.3, 0.4) is 0 Å². The van der Waals surface area contributed by atoms with Crippen LogP contribution in [0.2, 0.25) is 0 Å². The Labute approximate surface area is 213 Å². The lowest BCUT2D eigenvalue weighted by molar-refractivity contribution is -0.182. The topological polar surface area (TPSA) is 73.9 Å². The fourth-order valence-corrected chi connectivity index (χ4v) is 3.95. The van der Waals surface area contributed by atoms with E-state index in [1.165, 1.54) is 83.5 Å². The number of anilines is 1. The predicted molar refractivity (Wildman–Crippen MR) is 143 cm³/mol. The minimum atomic E-state index is -1.34. The Hall–Kier alpha value is -2.08. The fourth-order valence-electron chi connectivity index (χ4n) is 3.95. The molecule has 0 aromatic heterocycles. The molecule has 0 saturated heterocycles. The molecule has 1 atom stereocenters. The summed E-state index contributed by atoms with van der Waals surface area (Å²) in [4.78, 5) is 24.2. The first-order chi connectivity index (χ1) is 17.1. The summed E-state index contributed by atoms with van der Waals surface area (Å²) in [5.74, 6) is -1.32. The van der Waals surface area contributed by atoms with Crippen molar-refractivity contribution < 1.29 is 23.8 Å². The van der Waals surface area contributed by atoms with Crippen LogP contribution in [0.1, 0.15) is 121 Å². The van der Waals surface area contributed by atoms with Crippen molar-refractivity contribution in [1.29, 1.82) is 0 Å². The molecular weight excluding hydrogens is 442 g/mol. The molecule has 6 heteroatoms. The zero-order valence-electron chi connectivity index (χ0n) is 22.4. The SMILES string of the molecule is CCCCCCCCCCCCCCCCNc1ccc(C(=O)OC(OCC)C(=O)OCC)cc1. The molecule has 0 aliphatic carbocycles. The second-order valence-electron chi connectivity index (χ2n) is 9.04. The van der Waals surface area contributed by atoms with E-state index in [-0.39, 0.29) is 13.2 Å². The van der Waals surface area contributed by atoms with E-state index in [0.717, 1.165) is 18.7 Å². The molecule has 0 fully saturated rings. The Morgan fingerprint density at radius 2 is 1.23 bits per heavy atom. The lowest BCUT2D eigenvalue weighted by Gasteiger charge is -2.16. The molecule has 0 bridgehead atoms. The molecular formula is C29H49NO5. The van der Waals surface area contributed by atoms with Gasteiger partial charge in [-0.15, -0.1) is 0 Å². The van der Waals surface area contributed by atoms with Crippen LogP contribution in [0.5, 0.6) is 0 Å². The van der Waals surface area contributed by atoms with Gasteiger partial charge >= 0.3 is 18.2 Å². The Morgan fingerprint density at radius 1 is 0.714 bits per heavy atom. The first-order valence-corrected chi connectivity index (χ1v) is 14.0. The van der Waals surface area contributed by atoms with Crippen LogP contribution < -0.4 is 5.32 Å². The van der Waals surface area contributed by atoms with Gasteiger partial charge in [-0.2, -0.15) is 0 Å². The number of benzene rings is 1. The number of hydrogen-bond donors (Lipinski definition) is 1. The van der Waals surface area contributed by atoms with Gasteiger partial charge in [0.05, 0.1) is 12.2 Å². The average Bonchev–Trinajstić information content (AvgIpc) is 2.86. The zero-order chi connectivity index (χ0) is 25.6. The molecule has 0 heterocycles. The molecule has 0 saturated carbocycles. The molecule has 0 radical (unpaired) electrons. The molecule has 6 nitrogen and oxygen atoms in total. The molecule has 0 aliphatic rings. The van der Waals surface area contributed by atoms with Crippen LogP contribution in [0.4, 0.5) is 5.69 Å². The lowest BCUT2D eigenvalue weighted by Crippen LogP contribution is -2.32. The summed E-state index contributed by atoms with van der Waals surface area (Å²) in [5, 5.41) is 3.40. The molecule has 1 aromatic rings. The highest BCUT2D eigenvalue weighted by atomic mass is 16.7.